The van der Waals surface area contributed by atoms with Gasteiger partial charge in [0.25, 0.3) is 11.8 Å². The fraction of sp³-hybridized carbons (Fsp3) is 0.435. The van der Waals surface area contributed by atoms with Crippen LogP contribution in [-0.4, -0.2) is 63.3 Å². The van der Waals surface area contributed by atoms with E-state index in [0.717, 1.165) is 22.0 Å². The number of carbonyl (C=O) groups is 4. The van der Waals surface area contributed by atoms with Gasteiger partial charge in [0.2, 0.25) is 5.91 Å². The van der Waals surface area contributed by atoms with E-state index in [9.17, 15) is 23.7 Å². The summed E-state index contributed by atoms with van der Waals surface area (Å²) in [4.78, 5) is 73.0. The van der Waals surface area contributed by atoms with Crippen LogP contribution < -0.4 is 10.6 Å². The lowest BCUT2D eigenvalue weighted by Gasteiger charge is -2.13. The van der Waals surface area contributed by atoms with Crippen molar-refractivity contribution < 1.29 is 42.9 Å². The van der Waals surface area contributed by atoms with E-state index < -0.39 is 25.7 Å². The summed E-state index contributed by atoms with van der Waals surface area (Å²) < 4.78 is 14.9. The van der Waals surface area contributed by atoms with Crippen molar-refractivity contribution in [1.82, 2.24) is 20.7 Å². The van der Waals surface area contributed by atoms with Gasteiger partial charge < -0.3 is 25.3 Å². The Morgan fingerprint density at radius 2 is 1.70 bits per heavy atom. The maximum atomic E-state index is 11.9. The number of rotatable bonds is 13. The predicted molar refractivity (Wildman–Crippen MR) is 130 cm³/mol. The number of nitrogens with one attached hydrogen (secondary N) is 2. The Kier molecular flexibility index (Phi) is 10.1. The van der Waals surface area contributed by atoms with Gasteiger partial charge in [-0.2, -0.15) is 0 Å². The molecule has 200 valence electrons. The number of hydrogen-bond donors (Lipinski definition) is 4. The van der Waals surface area contributed by atoms with Crippen LogP contribution in [0.5, 0.6) is 0 Å². The molecule has 0 unspecified atom stereocenters. The van der Waals surface area contributed by atoms with Crippen molar-refractivity contribution in [3.8, 4) is 0 Å². The molecule has 3 rings (SSSR count). The van der Waals surface area contributed by atoms with Crippen LogP contribution in [0.1, 0.15) is 43.2 Å². The van der Waals surface area contributed by atoms with Crippen molar-refractivity contribution in [3.63, 3.8) is 0 Å². The molecule has 1 aromatic heterocycles. The summed E-state index contributed by atoms with van der Waals surface area (Å²) in [5.74, 6) is -1.29. The third-order valence-electron chi connectivity index (χ3n) is 5.45. The molecule has 0 bridgehead atoms. The monoisotopic (exact) mass is 536 g/mol. The van der Waals surface area contributed by atoms with E-state index in [1.807, 2.05) is 24.3 Å². The second-order valence-corrected chi connectivity index (χ2v) is 9.63. The number of amides is 4. The number of aromatic nitrogens is 1. The molecular formula is C23H29N4O9P. The molecule has 4 N–H and O–H groups in total. The van der Waals surface area contributed by atoms with E-state index in [-0.39, 0.29) is 38.3 Å². The standard InChI is InChI=1S/C23H29N4O9P/c28-20(24-11-12-35-37(32,33)34)5-1-3-17-14-18-13-16(6-7-19(18)26-15-17)4-2-10-25-23(31)36-27-21(29)8-9-22(27)30/h6-7,13-15H,1-5,8-12H2,(H,24,28)(H,25,31)(H2,32,33,34). The molecule has 2 heterocycles. The maximum absolute atomic E-state index is 11.9. The van der Waals surface area contributed by atoms with Crippen LogP contribution in [0.3, 0.4) is 0 Å². The molecule has 1 saturated heterocycles. The first kappa shape index (κ1) is 28.2. The first-order valence-corrected chi connectivity index (χ1v) is 13.3. The highest BCUT2D eigenvalue weighted by molar-refractivity contribution is 7.46. The molecule has 1 aromatic carbocycles. The highest BCUT2D eigenvalue weighted by Crippen LogP contribution is 2.35. The van der Waals surface area contributed by atoms with Crippen molar-refractivity contribution in [1.29, 1.82) is 0 Å². The number of benzene rings is 1. The van der Waals surface area contributed by atoms with E-state index in [2.05, 4.69) is 20.1 Å². The molecule has 14 heteroatoms. The molecule has 0 aliphatic carbocycles. The number of hydroxylamine groups is 2. The number of hydrogen-bond acceptors (Lipinski definition) is 8. The minimum absolute atomic E-state index is 0.0126. The SMILES string of the molecule is O=C(CCCc1cnc2ccc(CCCNC(=O)ON3C(=O)CCC3=O)cc2c1)NCCOP(=O)(O)O. The number of fused-ring (bicyclic) bond motifs is 1. The average molecular weight is 536 g/mol. The van der Waals surface area contributed by atoms with Gasteiger partial charge in [0, 0.05) is 43.9 Å². The van der Waals surface area contributed by atoms with Crippen molar-refractivity contribution in [2.45, 2.75) is 44.9 Å². The molecule has 0 atom stereocenters. The number of imide groups is 1. The van der Waals surface area contributed by atoms with Crippen LogP contribution in [0.2, 0.25) is 0 Å². The first-order chi connectivity index (χ1) is 17.6. The van der Waals surface area contributed by atoms with Gasteiger partial charge in [0.15, 0.2) is 0 Å². The molecular weight excluding hydrogens is 507 g/mol. The fourth-order valence-corrected chi connectivity index (χ4v) is 4.00. The van der Waals surface area contributed by atoms with Gasteiger partial charge in [-0.1, -0.05) is 6.07 Å². The number of carbonyl (C=O) groups excluding carboxylic acids is 4. The Hall–Kier alpha value is -3.38. The van der Waals surface area contributed by atoms with Gasteiger partial charge in [-0.3, -0.25) is 23.9 Å². The van der Waals surface area contributed by atoms with Crippen LogP contribution in [-0.2, 0) is 41.2 Å². The van der Waals surface area contributed by atoms with Crippen LogP contribution in [0.15, 0.2) is 30.5 Å². The molecule has 13 nitrogen and oxygen atoms in total. The summed E-state index contributed by atoms with van der Waals surface area (Å²) >= 11 is 0. The van der Waals surface area contributed by atoms with E-state index in [0.29, 0.717) is 37.3 Å². The largest absolute Gasteiger partial charge is 0.469 e. The maximum Gasteiger partial charge on any atom is 0.469 e. The minimum Gasteiger partial charge on any atom is -0.354 e. The Balaban J connectivity index is 1.39. The van der Waals surface area contributed by atoms with Crippen molar-refractivity contribution >= 4 is 42.5 Å². The lowest BCUT2D eigenvalue weighted by atomic mass is 10.0. The number of aryl methyl sites for hydroxylation is 2. The summed E-state index contributed by atoms with van der Waals surface area (Å²) in [7, 11) is -4.53. The Labute approximate surface area is 212 Å². The molecule has 2 aromatic rings. The highest BCUT2D eigenvalue weighted by Gasteiger charge is 2.32. The Bertz CT molecular complexity index is 1180. The summed E-state index contributed by atoms with van der Waals surface area (Å²) in [6.07, 6.45) is 3.75. The van der Waals surface area contributed by atoms with Gasteiger partial charge in [-0.05, 0) is 55.0 Å². The Morgan fingerprint density at radius 3 is 2.43 bits per heavy atom. The fourth-order valence-electron chi connectivity index (χ4n) is 3.67. The summed E-state index contributed by atoms with van der Waals surface area (Å²) in [6.45, 7) is 0.0470. The molecule has 1 fully saturated rings. The van der Waals surface area contributed by atoms with E-state index in [4.69, 9.17) is 14.6 Å². The second-order valence-electron chi connectivity index (χ2n) is 8.39. The quantitative estimate of drug-likeness (QED) is 0.166. The normalized spacial score (nSPS) is 13.7. The smallest absolute Gasteiger partial charge is 0.354 e. The average Bonchev–Trinajstić information content (AvgIpc) is 3.16. The third-order valence-corrected chi connectivity index (χ3v) is 5.97. The number of nitrogens with zero attached hydrogens (tertiary/aromatic N) is 2. The molecule has 0 spiro atoms. The van der Waals surface area contributed by atoms with Crippen LogP contribution in [0, 0.1) is 0 Å². The minimum atomic E-state index is -4.53. The van der Waals surface area contributed by atoms with Crippen molar-refractivity contribution in [2.24, 2.45) is 0 Å². The molecule has 1 aliphatic rings. The summed E-state index contributed by atoms with van der Waals surface area (Å²) in [5, 5.41) is 6.52. The molecule has 37 heavy (non-hydrogen) atoms. The van der Waals surface area contributed by atoms with E-state index in [1.165, 1.54) is 0 Å². The highest BCUT2D eigenvalue weighted by atomic mass is 31.2. The molecule has 0 saturated carbocycles. The lowest BCUT2D eigenvalue weighted by Crippen LogP contribution is -2.37. The zero-order chi connectivity index (χ0) is 26.8. The number of pyridine rings is 1. The Morgan fingerprint density at radius 1 is 1.00 bits per heavy atom. The second kappa shape index (κ2) is 13.2. The van der Waals surface area contributed by atoms with Gasteiger partial charge in [0.05, 0.1) is 12.1 Å². The van der Waals surface area contributed by atoms with Gasteiger partial charge in [-0.15, -0.1) is 5.06 Å². The van der Waals surface area contributed by atoms with Crippen molar-refractivity contribution in [2.75, 3.05) is 19.7 Å². The van der Waals surface area contributed by atoms with E-state index in [1.54, 1.807) is 6.20 Å². The zero-order valence-electron chi connectivity index (χ0n) is 20.1. The summed E-state index contributed by atoms with van der Waals surface area (Å²) in [5.41, 5.74) is 2.85. The van der Waals surface area contributed by atoms with Crippen LogP contribution in [0.25, 0.3) is 10.9 Å². The predicted octanol–water partition coefficient (Wildman–Crippen LogP) is 1.51. The molecule has 4 amide bonds. The molecule has 0 radical (unpaired) electrons. The number of phosphoric ester groups is 1. The zero-order valence-corrected chi connectivity index (χ0v) is 20.9. The number of phosphoric acid groups is 1. The summed E-state index contributed by atoms with van der Waals surface area (Å²) in [6, 6.07) is 7.89. The first-order valence-electron chi connectivity index (χ1n) is 11.8. The van der Waals surface area contributed by atoms with Crippen LogP contribution in [0.4, 0.5) is 4.79 Å². The van der Waals surface area contributed by atoms with E-state index >= 15 is 0 Å². The van der Waals surface area contributed by atoms with Gasteiger partial charge in [-0.25, -0.2) is 9.36 Å². The topological polar surface area (TPSA) is 184 Å². The lowest BCUT2D eigenvalue weighted by molar-refractivity contribution is -0.171. The molecule has 1 aliphatic heterocycles. The third kappa shape index (κ3) is 9.54. The van der Waals surface area contributed by atoms with Gasteiger partial charge >= 0.3 is 13.9 Å². The van der Waals surface area contributed by atoms with Gasteiger partial charge in [0.1, 0.15) is 0 Å². The van der Waals surface area contributed by atoms with Crippen LogP contribution >= 0.6 is 7.82 Å². The van der Waals surface area contributed by atoms with Crippen molar-refractivity contribution in [3.05, 3.63) is 41.6 Å².